The lowest BCUT2D eigenvalue weighted by Crippen LogP contribution is -2.50. The lowest BCUT2D eigenvalue weighted by atomic mass is 9.60. The zero-order valence-corrected chi connectivity index (χ0v) is 28.2. The number of aromatic hydroxyl groups is 1. The Morgan fingerprint density at radius 2 is 2.00 bits per heavy atom. The summed E-state index contributed by atoms with van der Waals surface area (Å²) in [7, 11) is 0. The molecule has 1 saturated carbocycles. The maximum absolute atomic E-state index is 14.6. The molecular formula is C36H38ClN7O5. The van der Waals surface area contributed by atoms with Crippen molar-refractivity contribution in [2.24, 2.45) is 5.92 Å². The fourth-order valence-electron chi connectivity index (χ4n) is 8.39. The van der Waals surface area contributed by atoms with Crippen LogP contribution in [-0.2, 0) is 21.5 Å². The van der Waals surface area contributed by atoms with E-state index in [0.717, 1.165) is 29.7 Å². The van der Waals surface area contributed by atoms with Crippen LogP contribution in [-0.4, -0.2) is 72.3 Å². The highest BCUT2D eigenvalue weighted by Gasteiger charge is 2.60. The number of carbonyl (C=O) groups is 2. The fraction of sp³-hybridized carbons (Fsp3) is 0.444. The van der Waals surface area contributed by atoms with Gasteiger partial charge >= 0.3 is 0 Å². The molecule has 254 valence electrons. The minimum absolute atomic E-state index is 0.0263. The molecule has 2 fully saturated rings. The average molecular weight is 684 g/mol. The number of amides is 2. The number of rotatable bonds is 6. The number of aromatic nitrogens is 5. The number of benzene rings is 1. The predicted molar refractivity (Wildman–Crippen MR) is 183 cm³/mol. The lowest BCUT2D eigenvalue weighted by molar-refractivity contribution is -0.116. The van der Waals surface area contributed by atoms with Gasteiger partial charge in [0.15, 0.2) is 11.5 Å². The van der Waals surface area contributed by atoms with E-state index in [9.17, 15) is 19.5 Å². The number of pyridine rings is 1. The number of halogens is 1. The molecule has 13 heteroatoms. The van der Waals surface area contributed by atoms with Crippen molar-refractivity contribution in [1.82, 2.24) is 29.0 Å². The van der Waals surface area contributed by atoms with Crippen molar-refractivity contribution in [3.05, 3.63) is 86.3 Å². The molecule has 12 nitrogen and oxygen atoms in total. The molecule has 2 amide bonds. The zero-order valence-electron chi connectivity index (χ0n) is 27.5. The third kappa shape index (κ3) is 5.15. The van der Waals surface area contributed by atoms with Crippen molar-refractivity contribution in [3.63, 3.8) is 0 Å². The van der Waals surface area contributed by atoms with E-state index in [2.05, 4.69) is 24.1 Å². The smallest absolute Gasteiger partial charge is 0.279 e. The van der Waals surface area contributed by atoms with Gasteiger partial charge in [-0.25, -0.2) is 4.98 Å². The summed E-state index contributed by atoms with van der Waals surface area (Å²) < 4.78 is 8.77. The van der Waals surface area contributed by atoms with Crippen LogP contribution < -0.4 is 10.9 Å². The summed E-state index contributed by atoms with van der Waals surface area (Å²) in [5.41, 5.74) is 3.38. The van der Waals surface area contributed by atoms with Gasteiger partial charge in [0.1, 0.15) is 12.3 Å². The summed E-state index contributed by atoms with van der Waals surface area (Å²) in [4.78, 5) is 52.5. The number of carbonyl (C=O) groups excluding carboxylic acids is 2. The first kappa shape index (κ1) is 31.7. The molecule has 5 heterocycles. The molecule has 8 rings (SSSR count). The Balaban J connectivity index is 1.19. The number of ether oxygens (including phenoxy) is 1. The third-order valence-electron chi connectivity index (χ3n) is 11.0. The van der Waals surface area contributed by atoms with Gasteiger partial charge in [0.2, 0.25) is 11.7 Å². The molecule has 2 N–H and O–H groups in total. The van der Waals surface area contributed by atoms with E-state index >= 15 is 0 Å². The van der Waals surface area contributed by atoms with Gasteiger partial charge in [0, 0.05) is 41.9 Å². The fourth-order valence-corrected chi connectivity index (χ4v) is 8.63. The first-order chi connectivity index (χ1) is 23.7. The molecule has 4 aliphatic rings. The Kier molecular flexibility index (Phi) is 7.83. The van der Waals surface area contributed by atoms with E-state index in [1.165, 1.54) is 16.8 Å². The van der Waals surface area contributed by atoms with Gasteiger partial charge in [0.05, 0.1) is 23.9 Å². The predicted octanol–water partition coefficient (Wildman–Crippen LogP) is 4.89. The number of piperidine rings is 1. The molecule has 2 aliphatic carbocycles. The topological polar surface area (TPSA) is 144 Å². The molecular weight excluding hydrogens is 646 g/mol. The molecule has 0 unspecified atom stereocenters. The zero-order chi connectivity index (χ0) is 34.0. The molecule has 0 bridgehead atoms. The van der Waals surface area contributed by atoms with Gasteiger partial charge in [-0.1, -0.05) is 37.6 Å². The maximum atomic E-state index is 14.6. The van der Waals surface area contributed by atoms with Crippen molar-refractivity contribution < 1.29 is 19.4 Å². The van der Waals surface area contributed by atoms with Crippen molar-refractivity contribution >= 4 is 40.5 Å². The molecule has 1 saturated heterocycles. The van der Waals surface area contributed by atoms with Crippen molar-refractivity contribution in [2.45, 2.75) is 69.7 Å². The van der Waals surface area contributed by atoms with Crippen LogP contribution in [0.4, 0.5) is 5.69 Å². The van der Waals surface area contributed by atoms with Crippen LogP contribution in [0.2, 0.25) is 5.02 Å². The van der Waals surface area contributed by atoms with Gasteiger partial charge in [-0.05, 0) is 79.3 Å². The SMILES string of the molecule is CC(C)c1ccc(NC(=O)Cn2c3c(c(=O)n4nc(C5=CCOCC5)nc24)C2(CCN(C(=O)c4ncccc4O)CC2)[C@@H]2CC[C@H]32)c(Cl)c1. The molecule has 0 radical (unpaired) electrons. The number of nitrogens with one attached hydrogen (secondary N) is 1. The molecule has 4 aromatic rings. The molecule has 3 aromatic heterocycles. The van der Waals surface area contributed by atoms with Crippen LogP contribution in [0.5, 0.6) is 5.75 Å². The summed E-state index contributed by atoms with van der Waals surface area (Å²) in [6, 6.07) is 8.70. The quantitative estimate of drug-likeness (QED) is 0.292. The minimum Gasteiger partial charge on any atom is -0.505 e. The van der Waals surface area contributed by atoms with Crippen LogP contribution in [0.25, 0.3) is 11.4 Å². The second-order valence-corrected chi connectivity index (χ2v) is 14.3. The standard InChI is InChI=1S/C36H38ClN7O5/c1-20(2)22-5-8-26(25(37)18-22)39-28(46)19-43-31-23-6-7-24(23)36(11-14-42(15-12-36)34(48)30-27(45)4-3-13-38-30)29(31)33(47)44-35(43)40-32(41-44)21-9-16-49-17-10-21/h3-5,8-9,13,18,20,23-24,45H,6-7,10-12,14-17,19H2,1-2H3,(H,39,46)/t23-,24+/m0/s1. The first-order valence-electron chi connectivity index (χ1n) is 17.0. The molecule has 49 heavy (non-hydrogen) atoms. The Hall–Kier alpha value is -4.55. The summed E-state index contributed by atoms with van der Waals surface area (Å²) >= 11 is 6.60. The van der Waals surface area contributed by atoms with Gasteiger partial charge in [-0.15, -0.1) is 5.10 Å². The number of fused-ring (bicyclic) bond motifs is 6. The summed E-state index contributed by atoms with van der Waals surface area (Å²) in [6.45, 7) is 5.91. The van der Waals surface area contributed by atoms with Crippen molar-refractivity contribution in [1.29, 1.82) is 0 Å². The molecule has 2 atom stereocenters. The van der Waals surface area contributed by atoms with E-state index in [4.69, 9.17) is 26.4 Å². The number of anilines is 1. The van der Waals surface area contributed by atoms with Gasteiger partial charge in [-0.3, -0.25) is 14.4 Å². The highest BCUT2D eigenvalue weighted by molar-refractivity contribution is 6.33. The average Bonchev–Trinajstić information content (AvgIpc) is 3.60. The number of hydrogen-bond acceptors (Lipinski definition) is 8. The Labute approximate surface area is 287 Å². The minimum atomic E-state index is -0.481. The van der Waals surface area contributed by atoms with E-state index in [-0.39, 0.29) is 47.2 Å². The summed E-state index contributed by atoms with van der Waals surface area (Å²) in [6.07, 6.45) is 7.06. The van der Waals surface area contributed by atoms with Crippen LogP contribution in [0.3, 0.4) is 0 Å². The van der Waals surface area contributed by atoms with Crippen LogP contribution in [0, 0.1) is 5.92 Å². The Morgan fingerprint density at radius 1 is 1.18 bits per heavy atom. The number of nitrogens with zero attached hydrogens (tertiary/aromatic N) is 6. The highest BCUT2D eigenvalue weighted by Crippen LogP contribution is 2.63. The lowest BCUT2D eigenvalue weighted by Gasteiger charge is -2.47. The van der Waals surface area contributed by atoms with Gasteiger partial charge < -0.3 is 24.6 Å². The van der Waals surface area contributed by atoms with Crippen LogP contribution in [0.15, 0.2) is 47.4 Å². The normalized spacial score (nSPS) is 21.0. The monoisotopic (exact) mass is 683 g/mol. The Morgan fingerprint density at radius 3 is 2.67 bits per heavy atom. The van der Waals surface area contributed by atoms with Crippen molar-refractivity contribution in [2.75, 3.05) is 31.6 Å². The number of likely N-dealkylation sites (tertiary alicyclic amines) is 1. The Bertz CT molecular complexity index is 2090. The highest BCUT2D eigenvalue weighted by atomic mass is 35.5. The van der Waals surface area contributed by atoms with E-state index in [1.807, 2.05) is 28.8 Å². The molecule has 2 aliphatic heterocycles. The summed E-state index contributed by atoms with van der Waals surface area (Å²) in [5.74, 6) is 0.610. The maximum Gasteiger partial charge on any atom is 0.279 e. The molecule has 1 aromatic carbocycles. The largest absolute Gasteiger partial charge is 0.505 e. The molecule has 1 spiro atoms. The summed E-state index contributed by atoms with van der Waals surface area (Å²) in [5, 5.41) is 18.5. The third-order valence-corrected chi connectivity index (χ3v) is 11.3. The first-order valence-corrected chi connectivity index (χ1v) is 17.4. The van der Waals surface area contributed by atoms with Crippen molar-refractivity contribution in [3.8, 4) is 5.75 Å². The van der Waals surface area contributed by atoms with Gasteiger partial charge in [-0.2, -0.15) is 9.50 Å². The van der Waals surface area contributed by atoms with Gasteiger partial charge in [0.25, 0.3) is 11.5 Å². The van der Waals surface area contributed by atoms with E-state index < -0.39 is 5.41 Å². The number of hydrogen-bond donors (Lipinski definition) is 2. The second-order valence-electron chi connectivity index (χ2n) is 13.9. The van der Waals surface area contributed by atoms with Crippen LogP contribution >= 0.6 is 11.6 Å². The van der Waals surface area contributed by atoms with E-state index in [1.54, 1.807) is 11.0 Å². The second kappa shape index (κ2) is 12.1. The van der Waals surface area contributed by atoms with Crippen LogP contribution in [0.1, 0.15) is 90.9 Å². The van der Waals surface area contributed by atoms with E-state index in [0.29, 0.717) is 79.4 Å².